The number of benzene rings is 2. The molecule has 1 saturated heterocycles. The van der Waals surface area contributed by atoms with Crippen LogP contribution < -0.4 is 5.32 Å². The highest BCUT2D eigenvalue weighted by atomic mass is 35.5. The van der Waals surface area contributed by atoms with E-state index in [-0.39, 0.29) is 24.3 Å². The van der Waals surface area contributed by atoms with E-state index in [1.165, 1.54) is 12.1 Å². The Morgan fingerprint density at radius 2 is 1.74 bits per heavy atom. The van der Waals surface area contributed by atoms with E-state index < -0.39 is 23.2 Å². The van der Waals surface area contributed by atoms with Crippen molar-refractivity contribution in [3.8, 4) is 0 Å². The highest BCUT2D eigenvalue weighted by Crippen LogP contribution is 2.51. The molecule has 2 aromatic rings. The third-order valence-corrected chi connectivity index (χ3v) is 7.41. The number of carbonyl (C=O) groups is 2. The first-order chi connectivity index (χ1) is 16.4. The van der Waals surface area contributed by atoms with Gasteiger partial charge in [-0.1, -0.05) is 41.4 Å². The summed E-state index contributed by atoms with van der Waals surface area (Å²) < 4.78 is 38.9. The number of hydrogen-bond acceptors (Lipinski definition) is 3. The van der Waals surface area contributed by atoms with Crippen LogP contribution >= 0.6 is 23.2 Å². The first-order valence-corrected chi connectivity index (χ1v) is 12.0. The molecule has 188 valence electrons. The Labute approximate surface area is 212 Å². The van der Waals surface area contributed by atoms with Crippen molar-refractivity contribution in [1.82, 2.24) is 15.1 Å². The molecule has 5 nitrogen and oxygen atoms in total. The second-order valence-corrected chi connectivity index (χ2v) is 10.3. The van der Waals surface area contributed by atoms with Crippen LogP contribution in [0.2, 0.25) is 10.0 Å². The first kappa shape index (κ1) is 25.8. The molecule has 2 aromatic carbocycles. The van der Waals surface area contributed by atoms with Crippen LogP contribution in [0.3, 0.4) is 0 Å². The monoisotopic (exact) mass is 527 g/mol. The van der Waals surface area contributed by atoms with Crippen molar-refractivity contribution in [1.29, 1.82) is 0 Å². The van der Waals surface area contributed by atoms with Gasteiger partial charge in [0.25, 0.3) is 0 Å². The van der Waals surface area contributed by atoms with Crippen molar-refractivity contribution in [2.75, 3.05) is 27.2 Å². The molecule has 2 aliphatic rings. The Morgan fingerprint density at radius 1 is 1.11 bits per heavy atom. The molecule has 2 fully saturated rings. The third-order valence-electron chi connectivity index (χ3n) is 6.86. The fraction of sp³-hybridized carbons (Fsp3) is 0.440. The minimum absolute atomic E-state index is 0.0796. The average Bonchev–Trinajstić information content (AvgIpc) is 3.53. The fourth-order valence-electron chi connectivity index (χ4n) is 4.37. The predicted molar refractivity (Wildman–Crippen MR) is 129 cm³/mol. The highest BCUT2D eigenvalue weighted by Gasteiger charge is 2.53. The van der Waals surface area contributed by atoms with Crippen molar-refractivity contribution in [3.63, 3.8) is 0 Å². The Balaban J connectivity index is 1.54. The lowest BCUT2D eigenvalue weighted by atomic mass is 9.93. The molecular formula is C25H26Cl2F3N3O2. The van der Waals surface area contributed by atoms with E-state index in [4.69, 9.17) is 23.2 Å². The second-order valence-electron chi connectivity index (χ2n) is 9.49. The minimum atomic E-state index is -4.45. The molecule has 1 aliphatic carbocycles. The van der Waals surface area contributed by atoms with Gasteiger partial charge in [0.1, 0.15) is 6.04 Å². The molecule has 1 saturated carbocycles. The maximum atomic E-state index is 13.4. The van der Waals surface area contributed by atoms with Crippen LogP contribution in [0.15, 0.2) is 42.5 Å². The third kappa shape index (κ3) is 5.44. The molecule has 0 unspecified atom stereocenters. The highest BCUT2D eigenvalue weighted by molar-refractivity contribution is 6.35. The molecular weight excluding hydrogens is 502 g/mol. The summed E-state index contributed by atoms with van der Waals surface area (Å²) in [6, 6.07) is 8.95. The van der Waals surface area contributed by atoms with Gasteiger partial charge in [0.2, 0.25) is 11.8 Å². The quantitative estimate of drug-likeness (QED) is 0.574. The predicted octanol–water partition coefficient (Wildman–Crippen LogP) is 4.54. The lowest BCUT2D eigenvalue weighted by molar-refractivity contribution is -0.142. The number of carbonyl (C=O) groups excluding carboxylic acids is 2. The summed E-state index contributed by atoms with van der Waals surface area (Å²) in [5, 5.41) is 3.73. The molecule has 2 amide bonds. The fourth-order valence-corrected chi connectivity index (χ4v) is 4.95. The molecule has 4 rings (SSSR count). The van der Waals surface area contributed by atoms with Crippen molar-refractivity contribution in [3.05, 3.63) is 69.2 Å². The Kier molecular flexibility index (Phi) is 7.10. The molecule has 1 heterocycles. The summed E-state index contributed by atoms with van der Waals surface area (Å²) in [5.41, 5.74) is -0.435. The SMILES string of the molecule is CN(C)C1CN(C(=O)[C@H](Cc2ccc(C(F)(F)F)cc2)NC(=O)C2(c3ccc(Cl)cc3Cl)CC2)C1. The van der Waals surface area contributed by atoms with Gasteiger partial charge < -0.3 is 15.1 Å². The van der Waals surface area contributed by atoms with Crippen LogP contribution in [0.25, 0.3) is 0 Å². The van der Waals surface area contributed by atoms with Gasteiger partial charge in [-0.3, -0.25) is 9.59 Å². The van der Waals surface area contributed by atoms with E-state index in [9.17, 15) is 22.8 Å². The largest absolute Gasteiger partial charge is 0.416 e. The molecule has 10 heteroatoms. The summed E-state index contributed by atoms with van der Waals surface area (Å²) in [7, 11) is 3.86. The lowest BCUT2D eigenvalue weighted by Gasteiger charge is -2.44. The number of likely N-dealkylation sites (N-methyl/N-ethyl adjacent to an activating group) is 1. The minimum Gasteiger partial charge on any atom is -0.343 e. The molecule has 0 spiro atoms. The number of amides is 2. The smallest absolute Gasteiger partial charge is 0.343 e. The molecule has 1 atom stereocenters. The molecule has 35 heavy (non-hydrogen) atoms. The number of likely N-dealkylation sites (tertiary alicyclic amines) is 1. The summed E-state index contributed by atoms with van der Waals surface area (Å²) in [6.45, 7) is 1.05. The Bertz CT molecular complexity index is 1110. The van der Waals surface area contributed by atoms with Gasteiger partial charge in [-0.05, 0) is 62.3 Å². The number of alkyl halides is 3. The van der Waals surface area contributed by atoms with Gasteiger partial charge in [0.15, 0.2) is 0 Å². The number of halogens is 5. The van der Waals surface area contributed by atoms with Gasteiger partial charge in [-0.15, -0.1) is 0 Å². The Hall–Kier alpha value is -2.29. The van der Waals surface area contributed by atoms with Crippen molar-refractivity contribution >= 4 is 35.0 Å². The van der Waals surface area contributed by atoms with E-state index in [1.54, 1.807) is 23.1 Å². The van der Waals surface area contributed by atoms with E-state index in [0.717, 1.165) is 12.1 Å². The second kappa shape index (κ2) is 9.64. The van der Waals surface area contributed by atoms with E-state index in [2.05, 4.69) is 5.32 Å². The maximum absolute atomic E-state index is 13.4. The summed E-state index contributed by atoms with van der Waals surface area (Å²) in [4.78, 5) is 30.4. The molecule has 0 radical (unpaired) electrons. The lowest BCUT2D eigenvalue weighted by Crippen LogP contribution is -2.63. The van der Waals surface area contributed by atoms with Gasteiger partial charge in [-0.2, -0.15) is 13.2 Å². The average molecular weight is 528 g/mol. The van der Waals surface area contributed by atoms with Gasteiger partial charge >= 0.3 is 6.18 Å². The molecule has 0 bridgehead atoms. The van der Waals surface area contributed by atoms with Crippen LogP contribution in [0.5, 0.6) is 0 Å². The maximum Gasteiger partial charge on any atom is 0.416 e. The Morgan fingerprint density at radius 3 is 2.26 bits per heavy atom. The summed E-state index contributed by atoms with van der Waals surface area (Å²) >= 11 is 12.4. The van der Waals surface area contributed by atoms with Crippen molar-refractivity contribution in [2.45, 2.75) is 42.9 Å². The van der Waals surface area contributed by atoms with E-state index in [0.29, 0.717) is 47.1 Å². The van der Waals surface area contributed by atoms with Crippen LogP contribution in [0, 0.1) is 0 Å². The van der Waals surface area contributed by atoms with Crippen LogP contribution in [0.4, 0.5) is 13.2 Å². The number of rotatable bonds is 7. The molecule has 1 aliphatic heterocycles. The summed E-state index contributed by atoms with van der Waals surface area (Å²) in [5.74, 6) is -0.578. The van der Waals surface area contributed by atoms with Crippen LogP contribution in [-0.4, -0.2) is 60.9 Å². The standard InChI is InChI=1S/C25H26Cl2F3N3O2/c1-32(2)18-13-33(14-18)22(34)21(11-15-3-5-16(6-4-15)25(28,29)30)31-23(35)24(9-10-24)19-8-7-17(26)12-20(19)27/h3-8,12,18,21H,9-11,13-14H2,1-2H3,(H,31,35)/t21-/m0/s1. The van der Waals surface area contributed by atoms with Gasteiger partial charge in [0, 0.05) is 35.6 Å². The number of nitrogens with one attached hydrogen (secondary N) is 1. The van der Waals surface area contributed by atoms with Crippen molar-refractivity contribution < 1.29 is 22.8 Å². The van der Waals surface area contributed by atoms with E-state index >= 15 is 0 Å². The zero-order chi connectivity index (χ0) is 25.5. The van der Waals surface area contributed by atoms with Crippen molar-refractivity contribution in [2.24, 2.45) is 0 Å². The topological polar surface area (TPSA) is 52.6 Å². The molecule has 1 N–H and O–H groups in total. The normalized spacial score (nSPS) is 18.2. The number of hydrogen-bond donors (Lipinski definition) is 1. The number of nitrogens with zero attached hydrogens (tertiary/aromatic N) is 2. The first-order valence-electron chi connectivity index (χ1n) is 11.3. The summed E-state index contributed by atoms with van der Waals surface area (Å²) in [6.07, 6.45) is -3.21. The van der Waals surface area contributed by atoms with E-state index in [1.807, 2.05) is 19.0 Å². The van der Waals surface area contributed by atoms with Crippen LogP contribution in [-0.2, 0) is 27.6 Å². The van der Waals surface area contributed by atoms with Gasteiger partial charge in [-0.25, -0.2) is 0 Å². The zero-order valence-electron chi connectivity index (χ0n) is 19.3. The van der Waals surface area contributed by atoms with Crippen LogP contribution in [0.1, 0.15) is 29.5 Å². The zero-order valence-corrected chi connectivity index (χ0v) is 20.8. The van der Waals surface area contributed by atoms with Gasteiger partial charge in [0.05, 0.1) is 11.0 Å². The molecule has 0 aromatic heterocycles.